The molecule has 1 saturated carbocycles. The van der Waals surface area contributed by atoms with Crippen molar-refractivity contribution in [2.24, 2.45) is 0 Å². The van der Waals surface area contributed by atoms with Crippen LogP contribution in [0.1, 0.15) is 39.0 Å². The largest absolute Gasteiger partial charge is 0.336 e. The summed E-state index contributed by atoms with van der Waals surface area (Å²) in [5, 5.41) is 9.36. The Kier molecular flexibility index (Phi) is 3.14. The molecule has 2 amide bonds. The van der Waals surface area contributed by atoms with E-state index in [2.05, 4.69) is 22.9 Å². The van der Waals surface area contributed by atoms with Gasteiger partial charge in [-0.25, -0.2) is 4.79 Å². The van der Waals surface area contributed by atoms with Crippen LogP contribution in [0, 0.1) is 0 Å². The minimum Gasteiger partial charge on any atom is -0.336 e. The Morgan fingerprint density at radius 1 is 1.47 bits per heavy atom. The van der Waals surface area contributed by atoms with E-state index in [0.29, 0.717) is 6.04 Å². The molecular formula is C11H21N3O. The van der Waals surface area contributed by atoms with Crippen LogP contribution in [0.25, 0.3) is 0 Å². The molecule has 0 aromatic rings. The number of amides is 2. The molecule has 4 heteroatoms. The van der Waals surface area contributed by atoms with Gasteiger partial charge in [0.2, 0.25) is 0 Å². The minimum atomic E-state index is -0.00498. The Balaban J connectivity index is 1.65. The van der Waals surface area contributed by atoms with Crippen LogP contribution in [0.2, 0.25) is 0 Å². The highest BCUT2D eigenvalue weighted by Gasteiger charge is 2.28. The SMILES string of the molecule is CC1(CNC(=O)NC2CCC2)CCCN1. The van der Waals surface area contributed by atoms with Gasteiger partial charge >= 0.3 is 6.03 Å². The van der Waals surface area contributed by atoms with E-state index in [0.717, 1.165) is 32.4 Å². The molecule has 4 nitrogen and oxygen atoms in total. The summed E-state index contributed by atoms with van der Waals surface area (Å²) in [5.41, 5.74) is 0.108. The molecule has 86 valence electrons. The molecule has 1 saturated heterocycles. The first kappa shape index (κ1) is 10.7. The molecule has 1 aliphatic carbocycles. The van der Waals surface area contributed by atoms with Crippen molar-refractivity contribution < 1.29 is 4.79 Å². The van der Waals surface area contributed by atoms with Gasteiger partial charge in [0.25, 0.3) is 0 Å². The van der Waals surface area contributed by atoms with Crippen molar-refractivity contribution in [3.05, 3.63) is 0 Å². The van der Waals surface area contributed by atoms with Crippen molar-refractivity contribution in [2.45, 2.75) is 50.6 Å². The highest BCUT2D eigenvalue weighted by Crippen LogP contribution is 2.18. The van der Waals surface area contributed by atoms with Crippen molar-refractivity contribution in [3.63, 3.8) is 0 Å². The smallest absolute Gasteiger partial charge is 0.315 e. The Hall–Kier alpha value is -0.770. The Morgan fingerprint density at radius 3 is 2.80 bits per heavy atom. The molecule has 2 rings (SSSR count). The molecule has 1 atom stereocenters. The second-order valence-corrected chi connectivity index (χ2v) is 5.05. The third-order valence-corrected chi connectivity index (χ3v) is 3.54. The van der Waals surface area contributed by atoms with Crippen LogP contribution >= 0.6 is 0 Å². The van der Waals surface area contributed by atoms with E-state index < -0.39 is 0 Å². The van der Waals surface area contributed by atoms with Crippen LogP contribution in [0.15, 0.2) is 0 Å². The Bertz CT molecular complexity index is 232. The number of carbonyl (C=O) groups is 1. The molecule has 2 aliphatic rings. The number of hydrogen-bond acceptors (Lipinski definition) is 2. The Labute approximate surface area is 91.2 Å². The standard InChI is InChI=1S/C11H21N3O/c1-11(6-3-7-13-11)8-12-10(15)14-9-4-2-5-9/h9,13H,2-8H2,1H3,(H2,12,14,15). The second-order valence-electron chi connectivity index (χ2n) is 5.05. The van der Waals surface area contributed by atoms with E-state index in [1.165, 1.54) is 12.8 Å². The normalized spacial score (nSPS) is 31.0. The number of carbonyl (C=O) groups excluding carboxylic acids is 1. The zero-order valence-electron chi connectivity index (χ0n) is 9.44. The van der Waals surface area contributed by atoms with Gasteiger partial charge in [0.15, 0.2) is 0 Å². The average Bonchev–Trinajstić information content (AvgIpc) is 2.57. The topological polar surface area (TPSA) is 53.2 Å². The maximum absolute atomic E-state index is 11.5. The summed E-state index contributed by atoms with van der Waals surface area (Å²) in [6, 6.07) is 0.420. The summed E-state index contributed by atoms with van der Waals surface area (Å²) in [6.45, 7) is 3.97. The molecule has 0 aromatic heterocycles. The molecule has 1 aliphatic heterocycles. The summed E-state index contributed by atoms with van der Waals surface area (Å²) in [6.07, 6.45) is 5.90. The predicted molar refractivity (Wildman–Crippen MR) is 59.8 cm³/mol. The van der Waals surface area contributed by atoms with Gasteiger partial charge in [0.05, 0.1) is 0 Å². The first-order chi connectivity index (χ1) is 7.18. The predicted octanol–water partition coefficient (Wildman–Crippen LogP) is 0.980. The van der Waals surface area contributed by atoms with Crippen LogP contribution in [0.3, 0.4) is 0 Å². The lowest BCUT2D eigenvalue weighted by Crippen LogP contribution is -2.52. The first-order valence-corrected chi connectivity index (χ1v) is 5.97. The summed E-state index contributed by atoms with van der Waals surface area (Å²) in [5.74, 6) is 0. The third kappa shape index (κ3) is 2.84. The number of hydrogen-bond donors (Lipinski definition) is 3. The molecule has 3 N–H and O–H groups in total. The van der Waals surface area contributed by atoms with Gasteiger partial charge in [0, 0.05) is 18.1 Å². The highest BCUT2D eigenvalue weighted by atomic mass is 16.2. The molecule has 1 heterocycles. The average molecular weight is 211 g/mol. The van der Waals surface area contributed by atoms with Crippen molar-refractivity contribution in [1.29, 1.82) is 0 Å². The quantitative estimate of drug-likeness (QED) is 0.652. The van der Waals surface area contributed by atoms with Gasteiger partial charge < -0.3 is 16.0 Å². The van der Waals surface area contributed by atoms with Crippen molar-refractivity contribution in [2.75, 3.05) is 13.1 Å². The van der Waals surface area contributed by atoms with Gasteiger partial charge in [-0.2, -0.15) is 0 Å². The fourth-order valence-electron chi connectivity index (χ4n) is 2.17. The van der Waals surface area contributed by atoms with Crippen molar-refractivity contribution in [3.8, 4) is 0 Å². The molecule has 1 unspecified atom stereocenters. The van der Waals surface area contributed by atoms with Gasteiger partial charge in [0.1, 0.15) is 0 Å². The van der Waals surface area contributed by atoms with Crippen molar-refractivity contribution in [1.82, 2.24) is 16.0 Å². The zero-order chi connectivity index (χ0) is 10.7. The van der Waals surface area contributed by atoms with Gasteiger partial charge in [-0.15, -0.1) is 0 Å². The summed E-state index contributed by atoms with van der Waals surface area (Å²) < 4.78 is 0. The van der Waals surface area contributed by atoms with Crippen LogP contribution in [-0.2, 0) is 0 Å². The van der Waals surface area contributed by atoms with Gasteiger partial charge in [-0.3, -0.25) is 0 Å². The second kappa shape index (κ2) is 4.39. The monoisotopic (exact) mass is 211 g/mol. The first-order valence-electron chi connectivity index (χ1n) is 5.97. The molecule has 0 aromatic carbocycles. The van der Waals surface area contributed by atoms with Gasteiger partial charge in [-0.05, 0) is 45.6 Å². The van der Waals surface area contributed by atoms with Crippen LogP contribution in [0.4, 0.5) is 4.79 Å². The third-order valence-electron chi connectivity index (χ3n) is 3.54. The van der Waals surface area contributed by atoms with Crippen LogP contribution < -0.4 is 16.0 Å². The fourth-order valence-corrected chi connectivity index (χ4v) is 2.17. The number of nitrogens with one attached hydrogen (secondary N) is 3. The summed E-state index contributed by atoms with van der Waals surface area (Å²) in [7, 11) is 0. The van der Waals surface area contributed by atoms with Crippen LogP contribution in [0.5, 0.6) is 0 Å². The zero-order valence-corrected chi connectivity index (χ0v) is 9.44. The van der Waals surface area contributed by atoms with E-state index in [-0.39, 0.29) is 11.6 Å². The molecular weight excluding hydrogens is 190 g/mol. The van der Waals surface area contributed by atoms with Crippen molar-refractivity contribution >= 4 is 6.03 Å². The molecule has 0 bridgehead atoms. The molecule has 0 spiro atoms. The van der Waals surface area contributed by atoms with E-state index >= 15 is 0 Å². The van der Waals surface area contributed by atoms with Crippen LogP contribution in [-0.4, -0.2) is 30.7 Å². The number of urea groups is 1. The highest BCUT2D eigenvalue weighted by molar-refractivity contribution is 5.74. The summed E-state index contributed by atoms with van der Waals surface area (Å²) in [4.78, 5) is 11.5. The van der Waals surface area contributed by atoms with E-state index in [1.807, 2.05) is 0 Å². The molecule has 0 radical (unpaired) electrons. The lowest BCUT2D eigenvalue weighted by molar-refractivity contribution is 0.224. The summed E-state index contributed by atoms with van der Waals surface area (Å²) >= 11 is 0. The van der Waals surface area contributed by atoms with E-state index in [4.69, 9.17) is 0 Å². The maximum atomic E-state index is 11.5. The molecule has 2 fully saturated rings. The lowest BCUT2D eigenvalue weighted by Gasteiger charge is -2.28. The Morgan fingerprint density at radius 2 is 2.27 bits per heavy atom. The lowest BCUT2D eigenvalue weighted by atomic mass is 9.93. The molecule has 15 heavy (non-hydrogen) atoms. The minimum absolute atomic E-state index is 0.00498. The maximum Gasteiger partial charge on any atom is 0.315 e. The van der Waals surface area contributed by atoms with Gasteiger partial charge in [-0.1, -0.05) is 0 Å². The fraction of sp³-hybridized carbons (Fsp3) is 0.909. The van der Waals surface area contributed by atoms with E-state index in [9.17, 15) is 4.79 Å². The van der Waals surface area contributed by atoms with E-state index in [1.54, 1.807) is 0 Å². The number of rotatable bonds is 3.